The molecule has 0 amide bonds. The van der Waals surface area contributed by atoms with Gasteiger partial charge in [-0.3, -0.25) is 0 Å². The van der Waals surface area contributed by atoms with Crippen molar-refractivity contribution < 1.29 is 9.47 Å². The Morgan fingerprint density at radius 2 is 2.00 bits per heavy atom. The average molecular weight is 118 g/mol. The van der Waals surface area contributed by atoms with Crippen molar-refractivity contribution in [1.82, 2.24) is 0 Å². The molecule has 50 valence electrons. The Labute approximate surface area is 50.8 Å². The predicted molar refractivity (Wildman–Crippen MR) is 33.0 cm³/mol. The summed E-state index contributed by atoms with van der Waals surface area (Å²) in [6.07, 6.45) is 1.30. The SMILES string of the molecule is CC[C@@H](COC)OC. The molecule has 0 saturated heterocycles. The van der Waals surface area contributed by atoms with E-state index < -0.39 is 0 Å². The Morgan fingerprint density at radius 1 is 1.38 bits per heavy atom. The van der Waals surface area contributed by atoms with Crippen LogP contribution >= 0.6 is 0 Å². The van der Waals surface area contributed by atoms with Crippen LogP contribution in [0.1, 0.15) is 13.3 Å². The van der Waals surface area contributed by atoms with E-state index in [2.05, 4.69) is 6.92 Å². The van der Waals surface area contributed by atoms with Crippen molar-refractivity contribution in [2.45, 2.75) is 19.4 Å². The third kappa shape index (κ3) is 2.99. The van der Waals surface area contributed by atoms with Crippen LogP contribution in [0.5, 0.6) is 0 Å². The van der Waals surface area contributed by atoms with Crippen molar-refractivity contribution in [3.8, 4) is 0 Å². The first kappa shape index (κ1) is 7.92. The van der Waals surface area contributed by atoms with E-state index in [1.54, 1.807) is 14.2 Å². The second-order valence-electron chi connectivity index (χ2n) is 1.72. The highest BCUT2D eigenvalue weighted by Crippen LogP contribution is 1.94. The zero-order valence-corrected chi connectivity index (χ0v) is 5.81. The molecule has 0 aromatic heterocycles. The summed E-state index contributed by atoms with van der Waals surface area (Å²) in [5.74, 6) is 0. The summed E-state index contributed by atoms with van der Waals surface area (Å²) in [6, 6.07) is 0. The second-order valence-corrected chi connectivity index (χ2v) is 1.72. The molecule has 0 aliphatic heterocycles. The van der Waals surface area contributed by atoms with Crippen LogP contribution in [0.4, 0.5) is 0 Å². The number of hydrogen-bond donors (Lipinski definition) is 0. The largest absolute Gasteiger partial charge is 0.382 e. The molecule has 0 unspecified atom stereocenters. The van der Waals surface area contributed by atoms with Crippen molar-refractivity contribution in [2.75, 3.05) is 20.8 Å². The summed E-state index contributed by atoms with van der Waals surface area (Å²) in [6.45, 7) is 2.78. The minimum atomic E-state index is 0.278. The summed E-state index contributed by atoms with van der Waals surface area (Å²) in [7, 11) is 3.38. The van der Waals surface area contributed by atoms with Crippen molar-refractivity contribution in [2.24, 2.45) is 0 Å². The molecule has 0 aromatic rings. The standard InChI is InChI=1S/C6H14O2/c1-4-6(8-3)5-7-2/h6H,4-5H2,1-3H3/t6-/m0/s1. The molecule has 0 radical (unpaired) electrons. The summed E-state index contributed by atoms with van der Waals surface area (Å²) < 4.78 is 9.88. The van der Waals surface area contributed by atoms with Gasteiger partial charge in [-0.15, -0.1) is 0 Å². The molecule has 0 saturated carbocycles. The van der Waals surface area contributed by atoms with Crippen molar-refractivity contribution in [3.63, 3.8) is 0 Å². The van der Waals surface area contributed by atoms with Crippen LogP contribution in [0.2, 0.25) is 0 Å². The molecule has 0 aliphatic carbocycles. The fourth-order valence-electron chi connectivity index (χ4n) is 0.538. The summed E-state index contributed by atoms with van der Waals surface area (Å²) >= 11 is 0. The second kappa shape index (κ2) is 5.06. The molecule has 0 aliphatic rings. The third-order valence-corrected chi connectivity index (χ3v) is 1.14. The molecule has 0 heterocycles. The van der Waals surface area contributed by atoms with E-state index in [4.69, 9.17) is 9.47 Å². The molecular formula is C6H14O2. The maximum Gasteiger partial charge on any atom is 0.0801 e. The first-order chi connectivity index (χ1) is 3.85. The van der Waals surface area contributed by atoms with Gasteiger partial charge in [-0.2, -0.15) is 0 Å². The quantitative estimate of drug-likeness (QED) is 0.549. The van der Waals surface area contributed by atoms with Crippen LogP contribution in [0.15, 0.2) is 0 Å². The minimum absolute atomic E-state index is 0.278. The first-order valence-electron chi connectivity index (χ1n) is 2.86. The average Bonchev–Trinajstić information content (AvgIpc) is 1.83. The van der Waals surface area contributed by atoms with Crippen molar-refractivity contribution in [3.05, 3.63) is 0 Å². The first-order valence-corrected chi connectivity index (χ1v) is 2.86. The fourth-order valence-corrected chi connectivity index (χ4v) is 0.538. The summed E-state index contributed by atoms with van der Waals surface area (Å²) in [5, 5.41) is 0. The third-order valence-electron chi connectivity index (χ3n) is 1.14. The number of hydrogen-bond acceptors (Lipinski definition) is 2. The predicted octanol–water partition coefficient (Wildman–Crippen LogP) is 1.06. The Balaban J connectivity index is 3.07. The maximum atomic E-state index is 5.01. The monoisotopic (exact) mass is 118 g/mol. The van der Waals surface area contributed by atoms with Crippen LogP contribution in [0, 0.1) is 0 Å². The number of ether oxygens (including phenoxy) is 2. The summed E-state index contributed by atoms with van der Waals surface area (Å²) in [4.78, 5) is 0. The normalized spacial score (nSPS) is 13.9. The Kier molecular flexibility index (Phi) is 5.01. The van der Waals surface area contributed by atoms with Gasteiger partial charge in [0.25, 0.3) is 0 Å². The van der Waals surface area contributed by atoms with E-state index >= 15 is 0 Å². The van der Waals surface area contributed by atoms with Crippen molar-refractivity contribution >= 4 is 0 Å². The lowest BCUT2D eigenvalue weighted by atomic mass is 10.3. The van der Waals surface area contributed by atoms with E-state index in [-0.39, 0.29) is 6.10 Å². The molecular weight excluding hydrogens is 104 g/mol. The lowest BCUT2D eigenvalue weighted by Crippen LogP contribution is -2.15. The zero-order valence-electron chi connectivity index (χ0n) is 5.81. The van der Waals surface area contributed by atoms with Crippen LogP contribution in [-0.4, -0.2) is 26.9 Å². The molecule has 2 nitrogen and oxygen atoms in total. The van der Waals surface area contributed by atoms with Gasteiger partial charge in [0.1, 0.15) is 0 Å². The van der Waals surface area contributed by atoms with E-state index in [9.17, 15) is 0 Å². The molecule has 1 atom stereocenters. The fraction of sp³-hybridized carbons (Fsp3) is 1.00. The van der Waals surface area contributed by atoms with Gasteiger partial charge in [-0.25, -0.2) is 0 Å². The van der Waals surface area contributed by atoms with Gasteiger partial charge in [-0.1, -0.05) is 6.92 Å². The van der Waals surface area contributed by atoms with Gasteiger partial charge in [-0.05, 0) is 6.42 Å². The van der Waals surface area contributed by atoms with Crippen molar-refractivity contribution in [1.29, 1.82) is 0 Å². The topological polar surface area (TPSA) is 18.5 Å². The van der Waals surface area contributed by atoms with Crippen LogP contribution in [-0.2, 0) is 9.47 Å². The highest BCUT2D eigenvalue weighted by atomic mass is 16.5. The minimum Gasteiger partial charge on any atom is -0.382 e. The molecule has 0 bridgehead atoms. The highest BCUT2D eigenvalue weighted by molar-refractivity contribution is 4.49. The van der Waals surface area contributed by atoms with Crippen LogP contribution in [0.3, 0.4) is 0 Å². The molecule has 0 spiro atoms. The zero-order chi connectivity index (χ0) is 6.41. The summed E-state index contributed by atoms with van der Waals surface area (Å²) in [5.41, 5.74) is 0. The molecule has 0 fully saturated rings. The number of methoxy groups -OCH3 is 2. The van der Waals surface area contributed by atoms with Crippen LogP contribution < -0.4 is 0 Å². The Morgan fingerprint density at radius 3 is 2.12 bits per heavy atom. The Bertz CT molecular complexity index is 41.8. The molecule has 0 N–H and O–H groups in total. The van der Waals surface area contributed by atoms with E-state index in [1.807, 2.05) is 0 Å². The smallest absolute Gasteiger partial charge is 0.0801 e. The number of rotatable bonds is 4. The lowest BCUT2D eigenvalue weighted by Gasteiger charge is -2.09. The highest BCUT2D eigenvalue weighted by Gasteiger charge is 2.00. The van der Waals surface area contributed by atoms with Gasteiger partial charge >= 0.3 is 0 Å². The maximum absolute atomic E-state index is 5.01. The van der Waals surface area contributed by atoms with Crippen LogP contribution in [0.25, 0.3) is 0 Å². The van der Waals surface area contributed by atoms with Gasteiger partial charge in [0, 0.05) is 14.2 Å². The molecule has 8 heavy (non-hydrogen) atoms. The van der Waals surface area contributed by atoms with Gasteiger partial charge < -0.3 is 9.47 Å². The van der Waals surface area contributed by atoms with E-state index in [1.165, 1.54) is 0 Å². The van der Waals surface area contributed by atoms with Gasteiger partial charge in [0.2, 0.25) is 0 Å². The van der Waals surface area contributed by atoms with Gasteiger partial charge in [0.05, 0.1) is 12.7 Å². The molecule has 0 aromatic carbocycles. The Hall–Kier alpha value is -0.0800. The van der Waals surface area contributed by atoms with E-state index in [0.717, 1.165) is 6.42 Å². The van der Waals surface area contributed by atoms with E-state index in [0.29, 0.717) is 6.61 Å². The van der Waals surface area contributed by atoms with Gasteiger partial charge in [0.15, 0.2) is 0 Å². The lowest BCUT2D eigenvalue weighted by molar-refractivity contribution is 0.0265. The molecule has 2 heteroatoms. The molecule has 0 rings (SSSR count).